The second-order valence-electron chi connectivity index (χ2n) is 9.25. The van der Waals surface area contributed by atoms with Gasteiger partial charge in [0.25, 0.3) is 0 Å². The van der Waals surface area contributed by atoms with Crippen molar-refractivity contribution in [2.75, 3.05) is 23.9 Å². The van der Waals surface area contributed by atoms with E-state index in [2.05, 4.69) is 106 Å². The highest BCUT2D eigenvalue weighted by Gasteiger charge is 2.62. The molecule has 2 aliphatic rings. The number of fused-ring (bicyclic) bond motifs is 2. The minimum atomic E-state index is -0.413. The molecule has 2 aromatic heterocycles. The first kappa shape index (κ1) is 29.1. The van der Waals surface area contributed by atoms with Crippen molar-refractivity contribution in [3.05, 3.63) is 143 Å². The molecule has 39 heavy (non-hydrogen) atoms. The van der Waals surface area contributed by atoms with Crippen LogP contribution in [0.1, 0.15) is 0 Å². The van der Waals surface area contributed by atoms with Crippen molar-refractivity contribution in [3.8, 4) is 0 Å². The molecule has 6 rings (SSSR count). The van der Waals surface area contributed by atoms with Crippen molar-refractivity contribution < 1.29 is 43.1 Å². The van der Waals surface area contributed by atoms with Gasteiger partial charge in [-0.2, -0.15) is 0 Å². The summed E-state index contributed by atoms with van der Waals surface area (Å²) < 4.78 is 4.55. The fourth-order valence-corrected chi connectivity index (χ4v) is 5.37. The highest BCUT2D eigenvalue weighted by atomic mass is 79.9. The molecule has 4 nitrogen and oxygen atoms in total. The van der Waals surface area contributed by atoms with E-state index in [-0.39, 0.29) is 34.0 Å². The average Bonchev–Trinajstić information content (AvgIpc) is 2.94. The van der Waals surface area contributed by atoms with Gasteiger partial charge < -0.3 is 43.8 Å². The minimum Gasteiger partial charge on any atom is -1.00 e. The Labute approximate surface area is 260 Å². The van der Waals surface area contributed by atoms with Crippen LogP contribution >= 0.6 is 23.2 Å². The number of hydrogen-bond acceptors (Lipinski definition) is 2. The second kappa shape index (κ2) is 11.7. The van der Waals surface area contributed by atoms with Crippen LogP contribution in [0.15, 0.2) is 133 Å². The van der Waals surface area contributed by atoms with E-state index in [0.717, 1.165) is 32.8 Å². The van der Waals surface area contributed by atoms with Crippen LogP contribution in [0.5, 0.6) is 0 Å². The molecule has 0 saturated heterocycles. The standard InChI is InChI=1S/C31H26Cl2N4.2BrH/c1-34(27-10-6-25(32)7-11-27)29-14-18-36(19-15-29)31(23-4-3-5-24(31)22-23)37-20-16-30(17-21-37)35(2)28-12-8-26(33)9-13-28;;/h3-22H,1-2H3;2*1H/q+2;;/p-2. The summed E-state index contributed by atoms with van der Waals surface area (Å²) >= 11 is 12.2. The summed E-state index contributed by atoms with van der Waals surface area (Å²) in [6, 6.07) is 24.4. The van der Waals surface area contributed by atoms with Gasteiger partial charge in [0.1, 0.15) is 11.1 Å². The van der Waals surface area contributed by atoms with Crippen LogP contribution in [-0.2, 0) is 5.66 Å². The quantitative estimate of drug-likeness (QED) is 0.279. The molecule has 2 aliphatic carbocycles. The summed E-state index contributed by atoms with van der Waals surface area (Å²) in [6.07, 6.45) is 17.4. The molecule has 8 heteroatoms. The van der Waals surface area contributed by atoms with Crippen LogP contribution in [0.25, 0.3) is 0 Å². The van der Waals surface area contributed by atoms with Gasteiger partial charge in [-0.15, -0.1) is 9.13 Å². The van der Waals surface area contributed by atoms with Crippen LogP contribution in [0.4, 0.5) is 22.7 Å². The molecule has 198 valence electrons. The van der Waals surface area contributed by atoms with Gasteiger partial charge in [-0.3, -0.25) is 0 Å². The Kier molecular flexibility index (Phi) is 8.72. The van der Waals surface area contributed by atoms with Gasteiger partial charge in [-0.1, -0.05) is 29.3 Å². The molecule has 2 bridgehead atoms. The van der Waals surface area contributed by atoms with Crippen molar-refractivity contribution in [1.82, 2.24) is 0 Å². The molecule has 0 amide bonds. The van der Waals surface area contributed by atoms with Crippen molar-refractivity contribution in [3.63, 3.8) is 0 Å². The third kappa shape index (κ3) is 5.07. The van der Waals surface area contributed by atoms with E-state index in [9.17, 15) is 0 Å². The topological polar surface area (TPSA) is 14.2 Å². The van der Waals surface area contributed by atoms with Crippen molar-refractivity contribution >= 4 is 46.0 Å². The summed E-state index contributed by atoms with van der Waals surface area (Å²) in [5, 5.41) is 1.47. The summed E-state index contributed by atoms with van der Waals surface area (Å²) in [7, 11) is 4.13. The van der Waals surface area contributed by atoms with E-state index in [1.165, 1.54) is 11.1 Å². The van der Waals surface area contributed by atoms with E-state index in [1.807, 2.05) is 48.5 Å². The normalized spacial score (nSPS) is 14.2. The minimum absolute atomic E-state index is 0. The van der Waals surface area contributed by atoms with Crippen molar-refractivity contribution in [2.24, 2.45) is 0 Å². The van der Waals surface area contributed by atoms with Gasteiger partial charge in [0.2, 0.25) is 0 Å². The monoisotopic (exact) mass is 682 g/mol. The molecule has 0 radical (unpaired) electrons. The molecule has 2 aromatic carbocycles. The predicted molar refractivity (Wildman–Crippen MR) is 151 cm³/mol. The van der Waals surface area contributed by atoms with Crippen molar-refractivity contribution in [2.45, 2.75) is 5.66 Å². The lowest BCUT2D eigenvalue weighted by Crippen LogP contribution is -3.00. The number of halogens is 4. The molecular weight excluding hydrogens is 659 g/mol. The van der Waals surface area contributed by atoms with Gasteiger partial charge in [-0.25, -0.2) is 0 Å². The molecule has 0 N–H and O–H groups in total. The Balaban J connectivity index is 0.00000176. The number of aromatic nitrogens is 2. The maximum atomic E-state index is 6.08. The average molecular weight is 685 g/mol. The Bertz CT molecular complexity index is 1440. The first-order valence-corrected chi connectivity index (χ1v) is 12.9. The zero-order valence-corrected chi connectivity index (χ0v) is 26.0. The SMILES string of the molecule is CN(c1ccc(Cl)cc1)c1cc[n+](C2([n+]3ccc(N(C)c4ccc(Cl)cc4)cc3)c3cccc2c3)cc1.[Br-].[Br-]. The summed E-state index contributed by atoms with van der Waals surface area (Å²) in [6.45, 7) is 0. The Morgan fingerprint density at radius 1 is 0.564 bits per heavy atom. The maximum Gasteiger partial charge on any atom is 0.414 e. The van der Waals surface area contributed by atoms with Gasteiger partial charge >= 0.3 is 5.66 Å². The fourth-order valence-electron chi connectivity index (χ4n) is 5.11. The Hall–Kier alpha value is -2.90. The summed E-state index contributed by atoms with van der Waals surface area (Å²) in [5.74, 6) is 0. The van der Waals surface area contributed by atoms with Gasteiger partial charge in [0.15, 0.2) is 24.8 Å². The van der Waals surface area contributed by atoms with Gasteiger partial charge in [0, 0.05) is 59.8 Å². The van der Waals surface area contributed by atoms with E-state index < -0.39 is 5.66 Å². The lowest BCUT2D eigenvalue weighted by Gasteiger charge is -2.34. The van der Waals surface area contributed by atoms with Crippen LogP contribution in [0, 0.1) is 0 Å². The third-order valence-corrected chi connectivity index (χ3v) is 7.74. The zero-order chi connectivity index (χ0) is 25.6. The number of allylic oxidation sites excluding steroid dienone is 6. The molecule has 0 saturated carbocycles. The second-order valence-corrected chi connectivity index (χ2v) is 10.1. The van der Waals surface area contributed by atoms with Gasteiger partial charge in [-0.05, 0) is 66.8 Å². The number of benzene rings is 2. The van der Waals surface area contributed by atoms with Crippen LogP contribution in [0.2, 0.25) is 10.0 Å². The molecule has 0 aliphatic heterocycles. The highest BCUT2D eigenvalue weighted by Crippen LogP contribution is 2.41. The zero-order valence-electron chi connectivity index (χ0n) is 21.3. The molecule has 0 fully saturated rings. The molecule has 0 spiro atoms. The molecule has 4 aromatic rings. The first-order valence-electron chi connectivity index (χ1n) is 12.1. The summed E-state index contributed by atoms with van der Waals surface area (Å²) in [5.41, 5.74) is 6.45. The van der Waals surface area contributed by atoms with E-state index in [1.54, 1.807) is 0 Å². The van der Waals surface area contributed by atoms with E-state index in [4.69, 9.17) is 23.2 Å². The largest absolute Gasteiger partial charge is 1.00 e. The predicted octanol–water partition coefficient (Wildman–Crippen LogP) is 0.750. The lowest BCUT2D eigenvalue weighted by atomic mass is 9.74. The number of hydrogen-bond donors (Lipinski definition) is 0. The smallest absolute Gasteiger partial charge is 0.414 e. The van der Waals surface area contributed by atoms with E-state index in [0.29, 0.717) is 0 Å². The van der Waals surface area contributed by atoms with Crippen LogP contribution in [-0.4, -0.2) is 14.1 Å². The summed E-state index contributed by atoms with van der Waals surface area (Å²) in [4.78, 5) is 4.31. The molecule has 2 heterocycles. The molecule has 0 atom stereocenters. The molecular formula is C31H26Br2Cl2N4. The Morgan fingerprint density at radius 2 is 0.949 bits per heavy atom. The van der Waals surface area contributed by atoms with E-state index >= 15 is 0 Å². The highest BCUT2D eigenvalue weighted by molar-refractivity contribution is 6.30. The number of nitrogens with zero attached hydrogens (tertiary/aromatic N) is 4. The maximum absolute atomic E-state index is 6.08. The molecule has 0 unspecified atom stereocenters. The third-order valence-electron chi connectivity index (χ3n) is 7.24. The fraction of sp³-hybridized carbons (Fsp3) is 0.0968. The number of pyridine rings is 2. The Morgan fingerprint density at radius 3 is 1.28 bits per heavy atom. The first-order chi connectivity index (χ1) is 18.0. The van der Waals surface area contributed by atoms with Crippen LogP contribution in [0.3, 0.4) is 0 Å². The van der Waals surface area contributed by atoms with Gasteiger partial charge in [0.05, 0.1) is 11.4 Å². The number of rotatable bonds is 6. The van der Waals surface area contributed by atoms with Crippen LogP contribution < -0.4 is 52.9 Å². The number of anilines is 4. The van der Waals surface area contributed by atoms with Crippen molar-refractivity contribution in [1.29, 1.82) is 0 Å². The lowest BCUT2D eigenvalue weighted by molar-refractivity contribution is -0.975.